The van der Waals surface area contributed by atoms with E-state index in [1.807, 2.05) is 4.57 Å². The molecule has 6 heteroatoms. The molecule has 4 heterocycles. The highest BCUT2D eigenvalue weighted by molar-refractivity contribution is 5.78. The van der Waals surface area contributed by atoms with E-state index in [0.29, 0.717) is 12.5 Å². The van der Waals surface area contributed by atoms with E-state index in [1.54, 1.807) is 6.07 Å². The maximum absolute atomic E-state index is 13.1. The third-order valence-electron chi connectivity index (χ3n) is 7.68. The second-order valence-electron chi connectivity index (χ2n) is 10.2. The monoisotopic (exact) mass is 448 g/mol. The van der Waals surface area contributed by atoms with Gasteiger partial charge >= 0.3 is 0 Å². The fraction of sp³-hybridized carbons (Fsp3) is 0.593. The molecule has 0 radical (unpaired) electrons. The van der Waals surface area contributed by atoms with Gasteiger partial charge in [-0.3, -0.25) is 19.1 Å². The number of benzene rings is 1. The Labute approximate surface area is 196 Å². The van der Waals surface area contributed by atoms with E-state index in [2.05, 4.69) is 40.1 Å². The highest BCUT2D eigenvalue weighted by Crippen LogP contribution is 2.27. The van der Waals surface area contributed by atoms with Gasteiger partial charge in [-0.15, -0.1) is 0 Å². The van der Waals surface area contributed by atoms with Crippen LogP contribution in [-0.4, -0.2) is 58.0 Å². The van der Waals surface area contributed by atoms with Crippen LogP contribution < -0.4 is 5.56 Å². The van der Waals surface area contributed by atoms with Gasteiger partial charge in [0.05, 0.1) is 12.2 Å². The predicted molar refractivity (Wildman–Crippen MR) is 129 cm³/mol. The molecule has 6 nitrogen and oxygen atoms in total. The van der Waals surface area contributed by atoms with Crippen LogP contribution in [0, 0.1) is 5.92 Å². The number of aromatic nitrogens is 2. The average Bonchev–Trinajstić information content (AvgIpc) is 3.15. The standard InChI is InChI=1S/C27H36N4O2/c32-26-17-24(28-25-11-5-2-6-14-31(25)26)23-12-15-29(19-23)20-27(33)30-13-7-10-22(18-30)16-21-8-3-1-4-9-21/h1,3-4,8-9,17,22-23H,2,5-7,10-16,18-20H2/t22-,23+/m0/s1. The lowest BCUT2D eigenvalue weighted by Crippen LogP contribution is -2.45. The molecule has 2 fully saturated rings. The van der Waals surface area contributed by atoms with Gasteiger partial charge in [-0.05, 0) is 56.6 Å². The summed E-state index contributed by atoms with van der Waals surface area (Å²) in [5.74, 6) is 2.02. The summed E-state index contributed by atoms with van der Waals surface area (Å²) in [6.45, 7) is 4.76. The molecule has 2 atom stereocenters. The molecule has 0 saturated carbocycles. The molecule has 0 unspecified atom stereocenters. The average molecular weight is 449 g/mol. The summed E-state index contributed by atoms with van der Waals surface area (Å²) in [6, 6.07) is 12.4. The molecule has 1 amide bonds. The number of piperidine rings is 1. The molecular formula is C27H36N4O2. The number of fused-ring (bicyclic) bond motifs is 1. The van der Waals surface area contributed by atoms with E-state index in [1.165, 1.54) is 18.4 Å². The number of amides is 1. The van der Waals surface area contributed by atoms with Gasteiger partial charge in [0.15, 0.2) is 0 Å². The first-order chi connectivity index (χ1) is 16.2. The summed E-state index contributed by atoms with van der Waals surface area (Å²) in [6.07, 6.45) is 8.56. The summed E-state index contributed by atoms with van der Waals surface area (Å²) in [7, 11) is 0. The van der Waals surface area contributed by atoms with Crippen LogP contribution in [0.4, 0.5) is 0 Å². The minimum atomic E-state index is 0.101. The zero-order chi connectivity index (χ0) is 22.6. The van der Waals surface area contributed by atoms with E-state index in [0.717, 1.165) is 82.8 Å². The second-order valence-corrected chi connectivity index (χ2v) is 10.2. The van der Waals surface area contributed by atoms with Gasteiger partial charge in [0.2, 0.25) is 5.91 Å². The number of hydrogen-bond acceptors (Lipinski definition) is 4. The minimum absolute atomic E-state index is 0.101. The zero-order valence-corrected chi connectivity index (χ0v) is 19.6. The maximum Gasteiger partial charge on any atom is 0.253 e. The Balaban J connectivity index is 1.17. The lowest BCUT2D eigenvalue weighted by atomic mass is 9.91. The van der Waals surface area contributed by atoms with Gasteiger partial charge in [0.1, 0.15) is 5.82 Å². The quantitative estimate of drug-likeness (QED) is 0.705. The normalized spacial score (nSPS) is 23.8. The van der Waals surface area contributed by atoms with Crippen LogP contribution in [0.3, 0.4) is 0 Å². The molecule has 3 aliphatic heterocycles. The first-order valence-electron chi connectivity index (χ1n) is 12.8. The molecular weight excluding hydrogens is 412 g/mol. The Morgan fingerprint density at radius 1 is 0.970 bits per heavy atom. The highest BCUT2D eigenvalue weighted by Gasteiger charge is 2.30. The third kappa shape index (κ3) is 5.37. The van der Waals surface area contributed by atoms with Crippen LogP contribution in [0.25, 0.3) is 0 Å². The van der Waals surface area contributed by atoms with Crippen molar-refractivity contribution in [1.82, 2.24) is 19.4 Å². The summed E-state index contributed by atoms with van der Waals surface area (Å²) in [5, 5.41) is 0. The summed E-state index contributed by atoms with van der Waals surface area (Å²) >= 11 is 0. The fourth-order valence-corrected chi connectivity index (χ4v) is 5.86. The first kappa shape index (κ1) is 22.3. The number of carbonyl (C=O) groups is 1. The number of carbonyl (C=O) groups excluding carboxylic acids is 1. The molecule has 33 heavy (non-hydrogen) atoms. The van der Waals surface area contributed by atoms with Crippen LogP contribution in [0.15, 0.2) is 41.2 Å². The lowest BCUT2D eigenvalue weighted by Gasteiger charge is -2.34. The number of aryl methyl sites for hydroxylation is 1. The van der Waals surface area contributed by atoms with E-state index < -0.39 is 0 Å². The van der Waals surface area contributed by atoms with Gasteiger partial charge in [0, 0.05) is 44.6 Å². The number of nitrogens with zero attached hydrogens (tertiary/aromatic N) is 4. The van der Waals surface area contributed by atoms with Crippen molar-refractivity contribution in [3.8, 4) is 0 Å². The van der Waals surface area contributed by atoms with Gasteiger partial charge in [0.25, 0.3) is 5.56 Å². The van der Waals surface area contributed by atoms with Gasteiger partial charge in [-0.25, -0.2) is 4.98 Å². The summed E-state index contributed by atoms with van der Waals surface area (Å²) in [4.78, 5) is 35.0. The fourth-order valence-electron chi connectivity index (χ4n) is 5.86. The van der Waals surface area contributed by atoms with Crippen molar-refractivity contribution in [3.05, 3.63) is 63.8 Å². The van der Waals surface area contributed by atoms with Crippen molar-refractivity contribution in [1.29, 1.82) is 0 Å². The van der Waals surface area contributed by atoms with Crippen molar-refractivity contribution in [2.45, 2.75) is 63.8 Å². The Kier molecular flexibility index (Phi) is 6.91. The molecule has 0 spiro atoms. The smallest absolute Gasteiger partial charge is 0.253 e. The van der Waals surface area contributed by atoms with Crippen LogP contribution in [0.1, 0.15) is 61.5 Å². The molecule has 176 valence electrons. The summed E-state index contributed by atoms with van der Waals surface area (Å²) < 4.78 is 1.87. The maximum atomic E-state index is 13.1. The molecule has 1 aromatic heterocycles. The van der Waals surface area contributed by atoms with Crippen molar-refractivity contribution in [2.75, 3.05) is 32.7 Å². The highest BCUT2D eigenvalue weighted by atomic mass is 16.2. The van der Waals surface area contributed by atoms with Crippen molar-refractivity contribution in [2.24, 2.45) is 5.92 Å². The van der Waals surface area contributed by atoms with Gasteiger partial charge in [-0.2, -0.15) is 0 Å². The molecule has 2 saturated heterocycles. The topological polar surface area (TPSA) is 58.4 Å². The van der Waals surface area contributed by atoms with E-state index in [4.69, 9.17) is 4.98 Å². The lowest BCUT2D eigenvalue weighted by molar-refractivity contribution is -0.134. The SMILES string of the molecule is O=C(CN1CC[C@@H](c2cc(=O)n3c(n2)CCCCC3)C1)N1CCC[C@@H](Cc2ccccc2)C1. The number of rotatable bonds is 5. The zero-order valence-electron chi connectivity index (χ0n) is 19.6. The minimum Gasteiger partial charge on any atom is -0.341 e. The van der Waals surface area contributed by atoms with Crippen LogP contribution >= 0.6 is 0 Å². The molecule has 5 rings (SSSR count). The third-order valence-corrected chi connectivity index (χ3v) is 7.68. The Hall–Kier alpha value is -2.47. The Morgan fingerprint density at radius 3 is 2.73 bits per heavy atom. The first-order valence-corrected chi connectivity index (χ1v) is 12.8. The molecule has 3 aliphatic rings. The van der Waals surface area contributed by atoms with Crippen molar-refractivity contribution in [3.63, 3.8) is 0 Å². The van der Waals surface area contributed by atoms with Crippen molar-refractivity contribution < 1.29 is 4.79 Å². The van der Waals surface area contributed by atoms with Gasteiger partial charge < -0.3 is 4.90 Å². The second kappa shape index (κ2) is 10.2. The van der Waals surface area contributed by atoms with Crippen LogP contribution in [0.2, 0.25) is 0 Å². The molecule has 0 N–H and O–H groups in total. The molecule has 2 aromatic rings. The molecule has 0 bridgehead atoms. The Bertz CT molecular complexity index is 1020. The Morgan fingerprint density at radius 2 is 1.85 bits per heavy atom. The molecule has 1 aromatic carbocycles. The largest absolute Gasteiger partial charge is 0.341 e. The summed E-state index contributed by atoms with van der Waals surface area (Å²) in [5.41, 5.74) is 2.40. The predicted octanol–water partition coefficient (Wildman–Crippen LogP) is 3.24. The number of likely N-dealkylation sites (tertiary alicyclic amines) is 2. The van der Waals surface area contributed by atoms with Crippen molar-refractivity contribution >= 4 is 5.91 Å². The molecule has 0 aliphatic carbocycles. The van der Waals surface area contributed by atoms with Gasteiger partial charge in [-0.1, -0.05) is 36.8 Å². The van der Waals surface area contributed by atoms with Crippen LogP contribution in [-0.2, 0) is 24.2 Å². The van der Waals surface area contributed by atoms with E-state index in [9.17, 15) is 9.59 Å². The van der Waals surface area contributed by atoms with E-state index in [-0.39, 0.29) is 17.4 Å². The van der Waals surface area contributed by atoms with E-state index >= 15 is 0 Å². The number of hydrogen-bond donors (Lipinski definition) is 0. The van der Waals surface area contributed by atoms with Crippen LogP contribution in [0.5, 0.6) is 0 Å².